The number of nitrogens with zero attached hydrogens (tertiary/aromatic N) is 1. The summed E-state index contributed by atoms with van der Waals surface area (Å²) in [5, 5.41) is 0. The normalized spacial score (nSPS) is 30.8. The van der Waals surface area contributed by atoms with E-state index in [0.717, 1.165) is 38.0 Å². The molecule has 2 aliphatic heterocycles. The highest BCUT2D eigenvalue weighted by molar-refractivity contribution is 5.20. The molecule has 13 heavy (non-hydrogen) atoms. The van der Waals surface area contributed by atoms with Crippen molar-refractivity contribution in [1.29, 1.82) is 0 Å². The minimum atomic E-state index is 0.0308. The molecule has 0 atom stereocenters. The lowest BCUT2D eigenvalue weighted by Gasteiger charge is -2.49. The smallest absolute Gasteiger partial charge is 0.0867 e. The van der Waals surface area contributed by atoms with Crippen LogP contribution in [0.4, 0.5) is 4.39 Å². The van der Waals surface area contributed by atoms with Crippen molar-refractivity contribution >= 4 is 0 Å². The van der Waals surface area contributed by atoms with Crippen LogP contribution in [0, 0.1) is 5.41 Å². The van der Waals surface area contributed by atoms with Gasteiger partial charge in [0.05, 0.1) is 25.0 Å². The van der Waals surface area contributed by atoms with Gasteiger partial charge in [-0.3, -0.25) is 0 Å². The maximum Gasteiger partial charge on any atom is 0.0867 e. The lowest BCUT2D eigenvalue weighted by molar-refractivity contribution is -0.114. The van der Waals surface area contributed by atoms with Crippen molar-refractivity contribution in [3.05, 3.63) is 11.9 Å². The Morgan fingerprint density at radius 2 is 2.38 bits per heavy atom. The maximum atomic E-state index is 12.6. The van der Waals surface area contributed by atoms with Crippen LogP contribution in [0.5, 0.6) is 0 Å². The van der Waals surface area contributed by atoms with Gasteiger partial charge in [0.2, 0.25) is 0 Å². The van der Waals surface area contributed by atoms with Gasteiger partial charge in [-0.1, -0.05) is 6.92 Å². The lowest BCUT2D eigenvalue weighted by atomic mass is 9.74. The van der Waals surface area contributed by atoms with Crippen LogP contribution in [0.2, 0.25) is 0 Å². The van der Waals surface area contributed by atoms with Crippen molar-refractivity contribution in [2.45, 2.75) is 13.3 Å². The van der Waals surface area contributed by atoms with E-state index in [1.165, 1.54) is 0 Å². The molecule has 0 aromatic carbocycles. The van der Waals surface area contributed by atoms with E-state index in [1.807, 2.05) is 0 Å². The molecule has 0 radical (unpaired) electrons. The van der Waals surface area contributed by atoms with Crippen LogP contribution in [0.1, 0.15) is 13.3 Å². The Balaban J connectivity index is 2.10. The van der Waals surface area contributed by atoms with Crippen molar-refractivity contribution in [2.75, 3.05) is 32.8 Å². The second-order valence-corrected chi connectivity index (χ2v) is 4.03. The van der Waals surface area contributed by atoms with Crippen LogP contribution in [0.15, 0.2) is 11.9 Å². The second kappa shape index (κ2) is 3.39. The molecule has 2 rings (SSSR count). The summed E-state index contributed by atoms with van der Waals surface area (Å²) in [6.07, 6.45) is 1.67. The van der Waals surface area contributed by atoms with Gasteiger partial charge in [-0.15, -0.1) is 0 Å². The van der Waals surface area contributed by atoms with E-state index >= 15 is 0 Å². The molecular formula is C10H16FNO. The highest BCUT2D eigenvalue weighted by Crippen LogP contribution is 2.41. The highest BCUT2D eigenvalue weighted by Gasteiger charge is 2.45. The zero-order chi connectivity index (χ0) is 9.31. The monoisotopic (exact) mass is 185 g/mol. The molecule has 0 bridgehead atoms. The largest absolute Gasteiger partial charge is 0.379 e. The first-order chi connectivity index (χ1) is 6.30. The molecule has 0 amide bonds. The number of hydrogen-bond donors (Lipinski definition) is 0. The fourth-order valence-electron chi connectivity index (χ4n) is 2.22. The molecule has 2 fully saturated rings. The van der Waals surface area contributed by atoms with E-state index in [0.29, 0.717) is 13.2 Å². The summed E-state index contributed by atoms with van der Waals surface area (Å²) in [6.45, 7) is 6.59. The van der Waals surface area contributed by atoms with Crippen LogP contribution in [-0.2, 0) is 4.74 Å². The Morgan fingerprint density at radius 3 is 2.85 bits per heavy atom. The van der Waals surface area contributed by atoms with Gasteiger partial charge >= 0.3 is 0 Å². The first-order valence-corrected chi connectivity index (χ1v) is 4.90. The molecule has 3 heteroatoms. The summed E-state index contributed by atoms with van der Waals surface area (Å²) in [6, 6.07) is 0. The Morgan fingerprint density at radius 1 is 1.62 bits per heavy atom. The van der Waals surface area contributed by atoms with Crippen molar-refractivity contribution in [1.82, 2.24) is 4.90 Å². The number of rotatable bonds is 1. The number of hydrogen-bond acceptors (Lipinski definition) is 2. The van der Waals surface area contributed by atoms with E-state index in [-0.39, 0.29) is 5.41 Å². The van der Waals surface area contributed by atoms with E-state index in [9.17, 15) is 4.39 Å². The lowest BCUT2D eigenvalue weighted by Crippen LogP contribution is -2.55. The van der Waals surface area contributed by atoms with Crippen LogP contribution in [0.3, 0.4) is 0 Å². The summed E-state index contributed by atoms with van der Waals surface area (Å²) in [7, 11) is 0. The first kappa shape index (κ1) is 9.16. The molecule has 0 unspecified atom stereocenters. The first-order valence-electron chi connectivity index (χ1n) is 4.90. The van der Waals surface area contributed by atoms with Crippen LogP contribution >= 0.6 is 0 Å². The zero-order valence-corrected chi connectivity index (χ0v) is 8.05. The zero-order valence-electron chi connectivity index (χ0n) is 8.05. The third-order valence-corrected chi connectivity index (χ3v) is 3.24. The molecule has 74 valence electrons. The summed E-state index contributed by atoms with van der Waals surface area (Å²) in [5.41, 5.74) is 0.992. The van der Waals surface area contributed by atoms with Crippen LogP contribution in [0.25, 0.3) is 0 Å². The molecule has 0 aromatic heterocycles. The fraction of sp³-hybridized carbons (Fsp3) is 0.800. The molecule has 2 nitrogen and oxygen atoms in total. The van der Waals surface area contributed by atoms with E-state index < -0.39 is 0 Å². The summed E-state index contributed by atoms with van der Waals surface area (Å²) in [5.74, 6) is 0. The Hall–Kier alpha value is -0.410. The molecule has 0 N–H and O–H groups in total. The van der Waals surface area contributed by atoms with Crippen molar-refractivity contribution in [3.63, 3.8) is 0 Å². The Bertz CT molecular complexity index is 223. The van der Waals surface area contributed by atoms with Crippen LogP contribution in [-0.4, -0.2) is 37.7 Å². The van der Waals surface area contributed by atoms with E-state index in [2.05, 4.69) is 11.8 Å². The van der Waals surface area contributed by atoms with Crippen molar-refractivity contribution < 1.29 is 9.13 Å². The fourth-order valence-corrected chi connectivity index (χ4v) is 2.22. The number of piperidine rings is 1. The minimum absolute atomic E-state index is 0.0308. The molecular weight excluding hydrogens is 169 g/mol. The van der Waals surface area contributed by atoms with Gasteiger partial charge in [0, 0.05) is 13.1 Å². The number of halogens is 1. The molecule has 0 saturated carbocycles. The third-order valence-electron chi connectivity index (χ3n) is 3.24. The Kier molecular flexibility index (Phi) is 2.39. The molecule has 1 spiro atoms. The third kappa shape index (κ3) is 1.40. The number of ether oxygens (including phenoxy) is 1. The maximum absolute atomic E-state index is 12.6. The van der Waals surface area contributed by atoms with E-state index in [4.69, 9.17) is 4.74 Å². The van der Waals surface area contributed by atoms with Gasteiger partial charge in [0.25, 0.3) is 0 Å². The summed E-state index contributed by atoms with van der Waals surface area (Å²) in [4.78, 5) is 2.37. The average molecular weight is 185 g/mol. The molecule has 2 heterocycles. The van der Waals surface area contributed by atoms with E-state index in [1.54, 1.807) is 0 Å². The molecule has 0 aliphatic carbocycles. The van der Waals surface area contributed by atoms with Gasteiger partial charge in [0.1, 0.15) is 0 Å². The predicted octanol–water partition coefficient (Wildman–Crippen LogP) is 1.58. The molecule has 2 saturated heterocycles. The van der Waals surface area contributed by atoms with Gasteiger partial charge in [-0.25, -0.2) is 4.39 Å². The van der Waals surface area contributed by atoms with Gasteiger partial charge in [0.15, 0.2) is 0 Å². The van der Waals surface area contributed by atoms with Crippen LogP contribution < -0.4 is 0 Å². The average Bonchev–Trinajstić information content (AvgIpc) is 2.14. The standard InChI is InChI=1S/C10H16FNO/c1-2-12-4-3-9(5-11)10(6-12)7-13-8-10/h5H,2-4,6-8H2,1H3/b9-5+. The van der Waals surface area contributed by atoms with Gasteiger partial charge < -0.3 is 9.64 Å². The quantitative estimate of drug-likeness (QED) is 0.615. The summed E-state index contributed by atoms with van der Waals surface area (Å²) < 4.78 is 17.8. The predicted molar refractivity (Wildman–Crippen MR) is 49.2 cm³/mol. The molecule has 2 aliphatic rings. The van der Waals surface area contributed by atoms with Gasteiger partial charge in [-0.05, 0) is 18.5 Å². The summed E-state index contributed by atoms with van der Waals surface area (Å²) >= 11 is 0. The highest BCUT2D eigenvalue weighted by atomic mass is 19.1. The van der Waals surface area contributed by atoms with Crippen molar-refractivity contribution in [3.8, 4) is 0 Å². The minimum Gasteiger partial charge on any atom is -0.379 e. The topological polar surface area (TPSA) is 12.5 Å². The molecule has 0 aromatic rings. The number of likely N-dealkylation sites (tertiary alicyclic amines) is 1. The second-order valence-electron chi connectivity index (χ2n) is 4.03. The van der Waals surface area contributed by atoms with Gasteiger partial charge in [-0.2, -0.15) is 0 Å². The van der Waals surface area contributed by atoms with Crippen molar-refractivity contribution in [2.24, 2.45) is 5.41 Å². The SMILES string of the molecule is CCN1CC/C(=C\F)C2(COC2)C1. The Labute approximate surface area is 78.4 Å².